The van der Waals surface area contributed by atoms with Crippen molar-refractivity contribution in [3.8, 4) is 0 Å². The predicted molar refractivity (Wildman–Crippen MR) is 82.2 cm³/mol. The van der Waals surface area contributed by atoms with Gasteiger partial charge in [0.15, 0.2) is 0 Å². The molecule has 0 fully saturated rings. The van der Waals surface area contributed by atoms with Gasteiger partial charge < -0.3 is 0 Å². The zero-order valence-electron chi connectivity index (χ0n) is 11.0. The highest BCUT2D eigenvalue weighted by molar-refractivity contribution is 9.10. The third kappa shape index (κ3) is 2.88. The van der Waals surface area contributed by atoms with Crippen LogP contribution in [0.5, 0.6) is 0 Å². The van der Waals surface area contributed by atoms with Crippen LogP contribution in [0.4, 0.5) is 4.39 Å². The topological polar surface area (TPSA) is 46.2 Å². The van der Waals surface area contributed by atoms with E-state index >= 15 is 0 Å². The largest absolute Gasteiger partial charge is 0.240 e. The van der Waals surface area contributed by atoms with Gasteiger partial charge in [0.1, 0.15) is 5.82 Å². The minimum absolute atomic E-state index is 0.0594. The van der Waals surface area contributed by atoms with Crippen molar-refractivity contribution in [3.05, 3.63) is 63.9 Å². The van der Waals surface area contributed by atoms with Crippen molar-refractivity contribution in [2.45, 2.75) is 17.2 Å². The smallest absolute Gasteiger partial charge is 0.211 e. The first kappa shape index (κ1) is 14.7. The number of hydrogen-bond acceptors (Lipinski definition) is 2. The van der Waals surface area contributed by atoms with E-state index in [0.29, 0.717) is 6.54 Å². The molecule has 0 aromatic heterocycles. The van der Waals surface area contributed by atoms with Crippen LogP contribution < -0.4 is 4.72 Å². The van der Waals surface area contributed by atoms with Crippen LogP contribution >= 0.6 is 15.9 Å². The number of sulfonamides is 1. The number of hydrogen-bond donors (Lipinski definition) is 1. The van der Waals surface area contributed by atoms with E-state index in [4.69, 9.17) is 0 Å². The number of halogens is 2. The fourth-order valence-corrected chi connectivity index (χ4v) is 3.82. The van der Waals surface area contributed by atoms with Crippen LogP contribution in [0.1, 0.15) is 17.0 Å². The summed E-state index contributed by atoms with van der Waals surface area (Å²) in [6.45, 7) is 0.330. The van der Waals surface area contributed by atoms with Crippen LogP contribution in [-0.4, -0.2) is 15.0 Å². The molecule has 6 heteroatoms. The van der Waals surface area contributed by atoms with Crippen LogP contribution in [-0.2, 0) is 16.4 Å². The molecule has 2 aromatic carbocycles. The van der Waals surface area contributed by atoms with E-state index in [1.54, 1.807) is 0 Å². The predicted octanol–water partition coefficient (Wildman–Crippen LogP) is 3.21. The molecule has 0 saturated heterocycles. The van der Waals surface area contributed by atoms with E-state index in [9.17, 15) is 12.8 Å². The molecule has 1 aliphatic carbocycles. The summed E-state index contributed by atoms with van der Waals surface area (Å²) in [5, 5.41) is 0. The van der Waals surface area contributed by atoms with Gasteiger partial charge in [0.05, 0.1) is 9.37 Å². The third-order valence-electron chi connectivity index (χ3n) is 3.68. The van der Waals surface area contributed by atoms with Crippen LogP contribution in [0, 0.1) is 5.82 Å². The van der Waals surface area contributed by atoms with Crippen LogP contribution in [0.2, 0.25) is 0 Å². The van der Waals surface area contributed by atoms with Gasteiger partial charge >= 0.3 is 0 Å². The summed E-state index contributed by atoms with van der Waals surface area (Å²) in [4.78, 5) is -0.0594. The zero-order chi connectivity index (χ0) is 15.0. The zero-order valence-corrected chi connectivity index (χ0v) is 13.4. The molecule has 2 aromatic rings. The molecule has 1 N–H and O–H groups in total. The van der Waals surface area contributed by atoms with Crippen molar-refractivity contribution >= 4 is 26.0 Å². The summed E-state index contributed by atoms with van der Waals surface area (Å²) in [5.41, 5.74) is 2.44. The molecule has 0 heterocycles. The Morgan fingerprint density at radius 1 is 1.24 bits per heavy atom. The summed E-state index contributed by atoms with van der Waals surface area (Å²) in [6.07, 6.45) is 0.868. The van der Waals surface area contributed by atoms with Crippen molar-refractivity contribution in [1.29, 1.82) is 0 Å². The molecule has 3 rings (SSSR count). The van der Waals surface area contributed by atoms with Gasteiger partial charge in [0, 0.05) is 12.5 Å². The number of fused-ring (bicyclic) bond motifs is 1. The lowest BCUT2D eigenvalue weighted by Gasteiger charge is -2.30. The first-order valence-corrected chi connectivity index (χ1v) is 8.77. The van der Waals surface area contributed by atoms with Crippen molar-refractivity contribution in [1.82, 2.24) is 4.72 Å². The Labute approximate surface area is 131 Å². The summed E-state index contributed by atoms with van der Waals surface area (Å²) in [6, 6.07) is 11.8. The van der Waals surface area contributed by atoms with Crippen molar-refractivity contribution in [2.24, 2.45) is 0 Å². The Morgan fingerprint density at radius 3 is 2.71 bits per heavy atom. The molecule has 1 unspecified atom stereocenters. The SMILES string of the molecule is O=S(=O)(NCC1Cc2ccccc21)c1ccc(Br)c(F)c1. The molecule has 3 nitrogen and oxygen atoms in total. The average Bonchev–Trinajstić information content (AvgIpc) is 2.42. The minimum Gasteiger partial charge on any atom is -0.211 e. The minimum atomic E-state index is -3.68. The highest BCUT2D eigenvalue weighted by atomic mass is 79.9. The maximum atomic E-state index is 13.4. The second-order valence-corrected chi connectivity index (χ2v) is 7.65. The van der Waals surface area contributed by atoms with Crippen LogP contribution in [0.3, 0.4) is 0 Å². The van der Waals surface area contributed by atoms with E-state index in [0.717, 1.165) is 12.5 Å². The quantitative estimate of drug-likeness (QED) is 0.899. The van der Waals surface area contributed by atoms with Crippen LogP contribution in [0.25, 0.3) is 0 Å². The standard InChI is InChI=1S/C15H13BrFNO2S/c16-14-6-5-12(8-15(14)17)21(19,20)18-9-11-7-10-3-1-2-4-13(10)11/h1-6,8,11,18H,7,9H2. The normalized spacial score (nSPS) is 17.1. The molecular weight excluding hydrogens is 357 g/mol. The summed E-state index contributed by atoms with van der Waals surface area (Å²) < 4.78 is 40.6. The van der Waals surface area contributed by atoms with Crippen LogP contribution in [0.15, 0.2) is 51.8 Å². The summed E-state index contributed by atoms with van der Waals surface area (Å²) in [7, 11) is -3.68. The molecule has 1 atom stereocenters. The van der Waals surface area contributed by atoms with E-state index < -0.39 is 15.8 Å². The highest BCUT2D eigenvalue weighted by Crippen LogP contribution is 2.34. The highest BCUT2D eigenvalue weighted by Gasteiger charge is 2.27. The molecule has 0 amide bonds. The first-order valence-electron chi connectivity index (χ1n) is 6.50. The number of benzene rings is 2. The summed E-state index contributed by atoms with van der Waals surface area (Å²) in [5.74, 6) is -0.400. The lowest BCUT2D eigenvalue weighted by Crippen LogP contribution is -2.33. The van der Waals surface area contributed by atoms with Gasteiger partial charge in [0.25, 0.3) is 0 Å². The maximum Gasteiger partial charge on any atom is 0.240 e. The molecule has 0 bridgehead atoms. The molecule has 0 spiro atoms. The fraction of sp³-hybridized carbons (Fsp3) is 0.200. The molecule has 1 aliphatic rings. The molecule has 0 radical (unpaired) electrons. The van der Waals surface area contributed by atoms with Gasteiger partial charge in [-0.1, -0.05) is 24.3 Å². The van der Waals surface area contributed by atoms with E-state index in [1.165, 1.54) is 23.3 Å². The Kier molecular flexibility index (Phi) is 3.86. The van der Waals surface area contributed by atoms with Gasteiger partial charge in [-0.05, 0) is 51.7 Å². The molecule has 21 heavy (non-hydrogen) atoms. The van der Waals surface area contributed by atoms with Gasteiger partial charge in [-0.15, -0.1) is 0 Å². The average molecular weight is 370 g/mol. The van der Waals surface area contributed by atoms with Gasteiger partial charge in [-0.3, -0.25) is 0 Å². The second-order valence-electron chi connectivity index (χ2n) is 5.03. The maximum absolute atomic E-state index is 13.4. The van der Waals surface area contributed by atoms with Gasteiger partial charge in [0.2, 0.25) is 10.0 Å². The Morgan fingerprint density at radius 2 is 2.00 bits per heavy atom. The number of rotatable bonds is 4. The first-order chi connectivity index (χ1) is 9.97. The lowest BCUT2D eigenvalue weighted by atomic mass is 9.78. The van der Waals surface area contributed by atoms with E-state index in [1.807, 2.05) is 24.3 Å². The van der Waals surface area contributed by atoms with Crippen molar-refractivity contribution in [3.63, 3.8) is 0 Å². The molecule has 0 saturated carbocycles. The summed E-state index contributed by atoms with van der Waals surface area (Å²) >= 11 is 3.01. The molecule has 110 valence electrons. The van der Waals surface area contributed by atoms with Gasteiger partial charge in [-0.2, -0.15) is 0 Å². The van der Waals surface area contributed by atoms with E-state index in [2.05, 4.69) is 20.7 Å². The lowest BCUT2D eigenvalue weighted by molar-refractivity contribution is 0.550. The Hall–Kier alpha value is -1.24. The van der Waals surface area contributed by atoms with Crippen molar-refractivity contribution < 1.29 is 12.8 Å². The monoisotopic (exact) mass is 369 g/mol. The third-order valence-corrected chi connectivity index (χ3v) is 5.75. The molecule has 0 aliphatic heterocycles. The Bertz CT molecular complexity index is 792. The second kappa shape index (κ2) is 5.51. The Balaban J connectivity index is 1.72. The van der Waals surface area contributed by atoms with Gasteiger partial charge in [-0.25, -0.2) is 17.5 Å². The van der Waals surface area contributed by atoms with Crippen molar-refractivity contribution in [2.75, 3.05) is 6.54 Å². The molecular formula is C15H13BrFNO2S. The fourth-order valence-electron chi connectivity index (χ4n) is 2.48. The number of nitrogens with one attached hydrogen (secondary N) is 1. The van der Waals surface area contributed by atoms with E-state index in [-0.39, 0.29) is 15.3 Å².